The number of primary amides is 1. The van der Waals surface area contributed by atoms with Gasteiger partial charge in [-0.2, -0.15) is 0 Å². The highest BCUT2D eigenvalue weighted by atomic mass is 16.3. The first-order chi connectivity index (χ1) is 10.6. The SMILES string of the molecule is CN=C(NCc1ccc(C(N)=O)o1)N(C)CC(=O)NC(C)(C)C. The van der Waals surface area contributed by atoms with E-state index in [1.807, 2.05) is 20.8 Å². The lowest BCUT2D eigenvalue weighted by Crippen LogP contribution is -2.48. The highest BCUT2D eigenvalue weighted by Crippen LogP contribution is 2.07. The van der Waals surface area contributed by atoms with Crippen LogP contribution in [0.4, 0.5) is 0 Å². The van der Waals surface area contributed by atoms with Crippen LogP contribution in [0.5, 0.6) is 0 Å². The highest BCUT2D eigenvalue weighted by molar-refractivity contribution is 5.90. The summed E-state index contributed by atoms with van der Waals surface area (Å²) in [5, 5.41) is 5.94. The zero-order valence-electron chi connectivity index (χ0n) is 14.3. The van der Waals surface area contributed by atoms with Crippen LogP contribution < -0.4 is 16.4 Å². The Morgan fingerprint density at radius 1 is 1.35 bits per heavy atom. The number of amides is 2. The summed E-state index contributed by atoms with van der Waals surface area (Å²) in [6.07, 6.45) is 0. The number of carbonyl (C=O) groups is 2. The number of carbonyl (C=O) groups excluding carboxylic acids is 2. The van der Waals surface area contributed by atoms with Crippen LogP contribution in [0.1, 0.15) is 37.1 Å². The first-order valence-electron chi connectivity index (χ1n) is 7.23. The lowest BCUT2D eigenvalue weighted by molar-refractivity contribution is -0.122. The van der Waals surface area contributed by atoms with Crippen molar-refractivity contribution in [3.05, 3.63) is 23.7 Å². The molecule has 0 unspecified atom stereocenters. The Kier molecular flexibility index (Phi) is 6.18. The number of furan rings is 1. The topological polar surface area (TPSA) is 113 Å². The fourth-order valence-corrected chi connectivity index (χ4v) is 1.90. The highest BCUT2D eigenvalue weighted by Gasteiger charge is 2.17. The lowest BCUT2D eigenvalue weighted by atomic mass is 10.1. The van der Waals surface area contributed by atoms with Gasteiger partial charge in [-0.1, -0.05) is 0 Å². The Morgan fingerprint density at radius 2 is 2.00 bits per heavy atom. The molecule has 0 aromatic carbocycles. The Hall–Kier alpha value is -2.51. The minimum absolute atomic E-state index is 0.100. The third-order valence-corrected chi connectivity index (χ3v) is 2.79. The summed E-state index contributed by atoms with van der Waals surface area (Å²) in [5.41, 5.74) is 4.85. The van der Waals surface area contributed by atoms with Crippen LogP contribution in [0.2, 0.25) is 0 Å². The maximum atomic E-state index is 11.9. The number of hydrogen-bond donors (Lipinski definition) is 3. The van der Waals surface area contributed by atoms with Crippen LogP contribution in [-0.2, 0) is 11.3 Å². The molecule has 0 atom stereocenters. The smallest absolute Gasteiger partial charge is 0.284 e. The third kappa shape index (κ3) is 6.41. The molecule has 0 saturated carbocycles. The summed E-state index contributed by atoms with van der Waals surface area (Å²) in [7, 11) is 3.38. The van der Waals surface area contributed by atoms with E-state index in [2.05, 4.69) is 15.6 Å². The molecule has 1 heterocycles. The average molecular weight is 323 g/mol. The number of nitrogens with one attached hydrogen (secondary N) is 2. The van der Waals surface area contributed by atoms with E-state index in [1.165, 1.54) is 6.07 Å². The molecule has 8 heteroatoms. The van der Waals surface area contributed by atoms with Gasteiger partial charge in [0.2, 0.25) is 5.91 Å². The van der Waals surface area contributed by atoms with Crippen LogP contribution >= 0.6 is 0 Å². The second kappa shape index (κ2) is 7.66. The molecule has 128 valence electrons. The van der Waals surface area contributed by atoms with Crippen molar-refractivity contribution < 1.29 is 14.0 Å². The summed E-state index contributed by atoms with van der Waals surface area (Å²) < 4.78 is 5.28. The van der Waals surface area contributed by atoms with Crippen LogP contribution in [0.15, 0.2) is 21.5 Å². The maximum Gasteiger partial charge on any atom is 0.284 e. The quantitative estimate of drug-likeness (QED) is 0.533. The zero-order valence-corrected chi connectivity index (χ0v) is 14.3. The predicted octanol–water partition coefficient (Wildman–Crippen LogP) is 0.300. The summed E-state index contributed by atoms with van der Waals surface area (Å²) in [5.74, 6) is 0.474. The maximum absolute atomic E-state index is 11.9. The average Bonchev–Trinajstić information content (AvgIpc) is 2.86. The van der Waals surface area contributed by atoms with Crippen molar-refractivity contribution >= 4 is 17.8 Å². The van der Waals surface area contributed by atoms with Gasteiger partial charge in [0.1, 0.15) is 5.76 Å². The Labute approximate surface area is 136 Å². The molecule has 0 fully saturated rings. The van der Waals surface area contributed by atoms with E-state index in [4.69, 9.17) is 10.2 Å². The Balaban J connectivity index is 2.55. The molecular weight excluding hydrogens is 298 g/mol. The van der Waals surface area contributed by atoms with E-state index in [1.54, 1.807) is 25.1 Å². The van der Waals surface area contributed by atoms with Crippen LogP contribution in [0.25, 0.3) is 0 Å². The van der Waals surface area contributed by atoms with Crippen LogP contribution in [-0.4, -0.2) is 48.9 Å². The van der Waals surface area contributed by atoms with Gasteiger partial charge in [-0.05, 0) is 32.9 Å². The second-order valence-corrected chi connectivity index (χ2v) is 6.19. The molecule has 0 bridgehead atoms. The first kappa shape index (κ1) is 18.5. The normalized spacial score (nSPS) is 12.0. The van der Waals surface area contributed by atoms with Gasteiger partial charge in [0.15, 0.2) is 11.7 Å². The number of likely N-dealkylation sites (N-methyl/N-ethyl adjacent to an activating group) is 1. The number of rotatable bonds is 5. The van der Waals surface area contributed by atoms with Crippen molar-refractivity contribution in [3.63, 3.8) is 0 Å². The summed E-state index contributed by atoms with van der Waals surface area (Å²) in [6, 6.07) is 3.18. The molecule has 0 aliphatic rings. The molecular formula is C15H25N5O3. The van der Waals surface area contributed by atoms with Crippen molar-refractivity contribution in [1.29, 1.82) is 0 Å². The van der Waals surface area contributed by atoms with Crippen molar-refractivity contribution in [2.75, 3.05) is 20.6 Å². The van der Waals surface area contributed by atoms with Gasteiger partial charge in [-0.25, -0.2) is 0 Å². The molecule has 0 aliphatic carbocycles. The monoisotopic (exact) mass is 323 g/mol. The van der Waals surface area contributed by atoms with Gasteiger partial charge in [0, 0.05) is 19.6 Å². The molecule has 0 radical (unpaired) electrons. The van der Waals surface area contributed by atoms with Crippen LogP contribution in [0, 0.1) is 0 Å². The van der Waals surface area contributed by atoms with E-state index in [0.717, 1.165) is 0 Å². The molecule has 4 N–H and O–H groups in total. The molecule has 2 amide bonds. The minimum Gasteiger partial charge on any atom is -0.454 e. The molecule has 8 nitrogen and oxygen atoms in total. The van der Waals surface area contributed by atoms with E-state index in [-0.39, 0.29) is 23.8 Å². The van der Waals surface area contributed by atoms with Crippen molar-refractivity contribution in [2.45, 2.75) is 32.9 Å². The molecule has 23 heavy (non-hydrogen) atoms. The Morgan fingerprint density at radius 3 is 2.48 bits per heavy atom. The van der Waals surface area contributed by atoms with Crippen molar-refractivity contribution in [2.24, 2.45) is 10.7 Å². The molecule has 0 spiro atoms. The van der Waals surface area contributed by atoms with E-state index in [0.29, 0.717) is 18.3 Å². The molecule has 1 rings (SSSR count). The van der Waals surface area contributed by atoms with Gasteiger partial charge < -0.3 is 25.7 Å². The predicted molar refractivity (Wildman–Crippen MR) is 88.0 cm³/mol. The van der Waals surface area contributed by atoms with Crippen molar-refractivity contribution in [1.82, 2.24) is 15.5 Å². The fraction of sp³-hybridized carbons (Fsp3) is 0.533. The molecule has 1 aromatic heterocycles. The zero-order chi connectivity index (χ0) is 17.6. The van der Waals surface area contributed by atoms with Crippen molar-refractivity contribution in [3.8, 4) is 0 Å². The van der Waals surface area contributed by atoms with Crippen LogP contribution in [0.3, 0.4) is 0 Å². The number of hydrogen-bond acceptors (Lipinski definition) is 4. The number of aliphatic imine (C=N–C) groups is 1. The van der Waals surface area contributed by atoms with Gasteiger partial charge in [-0.15, -0.1) is 0 Å². The van der Waals surface area contributed by atoms with Gasteiger partial charge in [-0.3, -0.25) is 14.6 Å². The lowest BCUT2D eigenvalue weighted by Gasteiger charge is -2.25. The first-order valence-corrected chi connectivity index (χ1v) is 7.23. The largest absolute Gasteiger partial charge is 0.454 e. The van der Waals surface area contributed by atoms with E-state index in [9.17, 15) is 9.59 Å². The standard InChI is InChI=1S/C15H25N5O3/c1-15(2,3)19-12(21)9-20(5)14(17-4)18-8-10-6-7-11(23-10)13(16)22/h6-7H,8-9H2,1-5H3,(H2,16,22)(H,17,18)(H,19,21). The third-order valence-electron chi connectivity index (χ3n) is 2.79. The summed E-state index contributed by atoms with van der Waals surface area (Å²) in [6.45, 7) is 6.26. The van der Waals surface area contributed by atoms with Gasteiger partial charge in [0.05, 0.1) is 13.1 Å². The number of nitrogens with two attached hydrogens (primary N) is 1. The second-order valence-electron chi connectivity index (χ2n) is 6.19. The Bertz CT molecular complexity index is 586. The molecule has 0 saturated heterocycles. The summed E-state index contributed by atoms with van der Waals surface area (Å²) in [4.78, 5) is 28.7. The fourth-order valence-electron chi connectivity index (χ4n) is 1.90. The minimum atomic E-state index is -0.614. The van der Waals surface area contributed by atoms with E-state index < -0.39 is 5.91 Å². The molecule has 1 aromatic rings. The number of nitrogens with zero attached hydrogens (tertiary/aromatic N) is 2. The summed E-state index contributed by atoms with van der Waals surface area (Å²) >= 11 is 0. The van der Waals surface area contributed by atoms with Gasteiger partial charge >= 0.3 is 0 Å². The van der Waals surface area contributed by atoms with E-state index >= 15 is 0 Å². The number of guanidine groups is 1. The molecule has 0 aliphatic heterocycles. The van der Waals surface area contributed by atoms with Gasteiger partial charge in [0.25, 0.3) is 5.91 Å².